The highest BCUT2D eigenvalue weighted by Gasteiger charge is 2.44. The standard InChI is InChI=1S/C6H8N4O3/c1-10-4(11)2-3(9-6(10)13)8-5(12)7-2/h2-3H,1H3,(H,9,13)(H2,7,8,12). The number of likely N-dealkylation sites (N-methyl/N-ethyl adjacent to an activating group) is 1. The number of imide groups is 1. The van der Waals surface area contributed by atoms with Gasteiger partial charge in [-0.15, -0.1) is 0 Å². The van der Waals surface area contributed by atoms with Gasteiger partial charge in [-0.25, -0.2) is 9.59 Å². The molecular weight excluding hydrogens is 176 g/mol. The van der Waals surface area contributed by atoms with E-state index in [0.29, 0.717) is 0 Å². The number of hydrogen-bond acceptors (Lipinski definition) is 3. The highest BCUT2D eigenvalue weighted by molar-refractivity contribution is 6.03. The quantitative estimate of drug-likeness (QED) is 0.414. The van der Waals surface area contributed by atoms with Gasteiger partial charge in [0.1, 0.15) is 12.2 Å². The van der Waals surface area contributed by atoms with Crippen LogP contribution in [0.15, 0.2) is 0 Å². The van der Waals surface area contributed by atoms with Gasteiger partial charge in [0.15, 0.2) is 0 Å². The fourth-order valence-electron chi connectivity index (χ4n) is 1.35. The molecule has 13 heavy (non-hydrogen) atoms. The Bertz CT molecular complexity index is 302. The SMILES string of the molecule is CN1C(=O)NC2NC(=O)NC2C1=O. The molecule has 2 unspecified atom stereocenters. The summed E-state index contributed by atoms with van der Waals surface area (Å²) >= 11 is 0. The Morgan fingerprint density at radius 1 is 1.15 bits per heavy atom. The number of rotatable bonds is 0. The first-order valence-electron chi connectivity index (χ1n) is 3.74. The average molecular weight is 184 g/mol. The van der Waals surface area contributed by atoms with E-state index >= 15 is 0 Å². The molecule has 0 aromatic heterocycles. The van der Waals surface area contributed by atoms with E-state index < -0.39 is 30.2 Å². The van der Waals surface area contributed by atoms with Crippen molar-refractivity contribution in [2.45, 2.75) is 12.2 Å². The van der Waals surface area contributed by atoms with Crippen LogP contribution in [0.5, 0.6) is 0 Å². The van der Waals surface area contributed by atoms with E-state index in [4.69, 9.17) is 0 Å². The molecule has 0 spiro atoms. The molecule has 7 heteroatoms. The van der Waals surface area contributed by atoms with Crippen LogP contribution in [0.4, 0.5) is 9.59 Å². The molecule has 2 rings (SSSR count). The zero-order chi connectivity index (χ0) is 9.59. The summed E-state index contributed by atoms with van der Waals surface area (Å²) in [6.07, 6.45) is -0.622. The molecule has 2 heterocycles. The number of nitrogens with zero attached hydrogens (tertiary/aromatic N) is 1. The molecule has 0 bridgehead atoms. The summed E-state index contributed by atoms with van der Waals surface area (Å²) in [5, 5.41) is 7.27. The Morgan fingerprint density at radius 2 is 1.85 bits per heavy atom. The maximum atomic E-state index is 11.4. The van der Waals surface area contributed by atoms with Crippen LogP contribution in [0.3, 0.4) is 0 Å². The summed E-state index contributed by atoms with van der Waals surface area (Å²) in [5.41, 5.74) is 0. The van der Waals surface area contributed by atoms with Crippen LogP contribution in [0.25, 0.3) is 0 Å². The molecule has 0 radical (unpaired) electrons. The van der Waals surface area contributed by atoms with E-state index in [0.717, 1.165) is 4.90 Å². The fraction of sp³-hybridized carbons (Fsp3) is 0.500. The molecule has 3 N–H and O–H groups in total. The number of hydrogen-bond donors (Lipinski definition) is 3. The second kappa shape index (κ2) is 2.35. The van der Waals surface area contributed by atoms with Gasteiger partial charge >= 0.3 is 12.1 Å². The molecule has 0 aromatic carbocycles. The zero-order valence-electron chi connectivity index (χ0n) is 6.83. The van der Waals surface area contributed by atoms with Crippen molar-refractivity contribution in [2.75, 3.05) is 7.05 Å². The van der Waals surface area contributed by atoms with Gasteiger partial charge in [0, 0.05) is 7.05 Å². The van der Waals surface area contributed by atoms with Gasteiger partial charge in [0.25, 0.3) is 5.91 Å². The number of nitrogens with one attached hydrogen (secondary N) is 3. The lowest BCUT2D eigenvalue weighted by atomic mass is 10.2. The molecule has 2 atom stereocenters. The van der Waals surface area contributed by atoms with E-state index in [2.05, 4.69) is 16.0 Å². The lowest BCUT2D eigenvalue weighted by molar-refractivity contribution is -0.130. The topological polar surface area (TPSA) is 90.5 Å². The number of fused-ring (bicyclic) bond motifs is 1. The van der Waals surface area contributed by atoms with Crippen molar-refractivity contribution in [3.05, 3.63) is 0 Å². The van der Waals surface area contributed by atoms with Crippen LogP contribution in [-0.4, -0.2) is 42.1 Å². The first-order valence-corrected chi connectivity index (χ1v) is 3.74. The normalized spacial score (nSPS) is 32.1. The molecule has 5 amide bonds. The Morgan fingerprint density at radius 3 is 2.54 bits per heavy atom. The molecule has 2 saturated heterocycles. The van der Waals surface area contributed by atoms with Crippen molar-refractivity contribution < 1.29 is 14.4 Å². The highest BCUT2D eigenvalue weighted by atomic mass is 16.2. The maximum Gasteiger partial charge on any atom is 0.325 e. The monoisotopic (exact) mass is 184 g/mol. The lowest BCUT2D eigenvalue weighted by Gasteiger charge is -2.29. The first-order chi connectivity index (χ1) is 6.09. The van der Waals surface area contributed by atoms with Crippen LogP contribution in [0.1, 0.15) is 0 Å². The number of carbonyl (C=O) groups is 3. The Balaban J connectivity index is 2.25. The van der Waals surface area contributed by atoms with Crippen molar-refractivity contribution in [1.29, 1.82) is 0 Å². The van der Waals surface area contributed by atoms with Crippen LogP contribution in [-0.2, 0) is 4.79 Å². The first kappa shape index (κ1) is 7.84. The summed E-state index contributed by atoms with van der Waals surface area (Å²) in [6.45, 7) is 0. The van der Waals surface area contributed by atoms with E-state index in [1.54, 1.807) is 0 Å². The summed E-state index contributed by atoms with van der Waals surface area (Å²) < 4.78 is 0. The largest absolute Gasteiger partial charge is 0.325 e. The Labute approximate surface area is 73.4 Å². The third kappa shape index (κ3) is 1.00. The van der Waals surface area contributed by atoms with E-state index in [1.165, 1.54) is 7.05 Å². The highest BCUT2D eigenvalue weighted by Crippen LogP contribution is 2.08. The Kier molecular flexibility index (Phi) is 1.42. The van der Waals surface area contributed by atoms with E-state index in [1.807, 2.05) is 0 Å². The van der Waals surface area contributed by atoms with E-state index in [-0.39, 0.29) is 0 Å². The minimum atomic E-state index is -0.685. The molecular formula is C6H8N4O3. The third-order valence-corrected chi connectivity index (χ3v) is 2.09. The van der Waals surface area contributed by atoms with Gasteiger partial charge in [-0.2, -0.15) is 0 Å². The summed E-state index contributed by atoms with van der Waals surface area (Å²) in [6, 6.07) is -1.63. The van der Waals surface area contributed by atoms with Gasteiger partial charge in [0.05, 0.1) is 0 Å². The second-order valence-electron chi connectivity index (χ2n) is 2.92. The zero-order valence-corrected chi connectivity index (χ0v) is 6.83. The van der Waals surface area contributed by atoms with Crippen molar-refractivity contribution in [3.8, 4) is 0 Å². The number of amides is 5. The van der Waals surface area contributed by atoms with Crippen LogP contribution < -0.4 is 16.0 Å². The van der Waals surface area contributed by atoms with Crippen molar-refractivity contribution in [2.24, 2.45) is 0 Å². The predicted octanol–water partition coefficient (Wildman–Crippen LogP) is -1.82. The lowest BCUT2D eigenvalue weighted by Crippen LogP contribution is -2.64. The summed E-state index contributed by atoms with van der Waals surface area (Å²) in [4.78, 5) is 34.2. The average Bonchev–Trinajstić information content (AvgIpc) is 2.42. The predicted molar refractivity (Wildman–Crippen MR) is 40.5 cm³/mol. The maximum absolute atomic E-state index is 11.4. The molecule has 2 aliphatic heterocycles. The Hall–Kier alpha value is -1.79. The fourth-order valence-corrected chi connectivity index (χ4v) is 1.35. The summed E-state index contributed by atoms with van der Waals surface area (Å²) in [7, 11) is 1.36. The second-order valence-corrected chi connectivity index (χ2v) is 2.92. The van der Waals surface area contributed by atoms with Gasteiger partial charge in [-0.1, -0.05) is 0 Å². The number of carbonyl (C=O) groups excluding carboxylic acids is 3. The summed E-state index contributed by atoms with van der Waals surface area (Å²) in [5.74, 6) is -0.410. The molecule has 0 aliphatic carbocycles. The van der Waals surface area contributed by atoms with Crippen molar-refractivity contribution >= 4 is 18.0 Å². The van der Waals surface area contributed by atoms with Crippen LogP contribution >= 0.6 is 0 Å². The molecule has 2 aliphatic rings. The van der Waals surface area contributed by atoms with Gasteiger partial charge < -0.3 is 16.0 Å². The van der Waals surface area contributed by atoms with Gasteiger partial charge in [-0.05, 0) is 0 Å². The van der Waals surface area contributed by atoms with Gasteiger partial charge in [0.2, 0.25) is 0 Å². The molecule has 0 aromatic rings. The van der Waals surface area contributed by atoms with Crippen molar-refractivity contribution in [3.63, 3.8) is 0 Å². The third-order valence-electron chi connectivity index (χ3n) is 2.09. The molecule has 0 saturated carbocycles. The van der Waals surface area contributed by atoms with Crippen LogP contribution in [0.2, 0.25) is 0 Å². The number of urea groups is 2. The minimum Gasteiger partial charge on any atom is -0.323 e. The van der Waals surface area contributed by atoms with Crippen LogP contribution in [0, 0.1) is 0 Å². The van der Waals surface area contributed by atoms with E-state index in [9.17, 15) is 14.4 Å². The molecule has 7 nitrogen and oxygen atoms in total. The smallest absolute Gasteiger partial charge is 0.323 e. The molecule has 70 valence electrons. The van der Waals surface area contributed by atoms with Gasteiger partial charge in [-0.3, -0.25) is 9.69 Å². The molecule has 2 fully saturated rings. The minimum absolute atomic E-state index is 0.410. The van der Waals surface area contributed by atoms with Crippen molar-refractivity contribution in [1.82, 2.24) is 20.9 Å².